The van der Waals surface area contributed by atoms with Gasteiger partial charge in [-0.15, -0.1) is 0 Å². The number of hydrogen-bond donors (Lipinski definition) is 3. The predicted molar refractivity (Wildman–Crippen MR) is 293 cm³/mol. The Bertz CT molecular complexity index is 2390. The second-order valence-electron chi connectivity index (χ2n) is 16.7. The van der Waals surface area contributed by atoms with Gasteiger partial charge in [-0.1, -0.05) is 105 Å². The summed E-state index contributed by atoms with van der Waals surface area (Å²) in [5, 5.41) is 9.71. The highest BCUT2D eigenvalue weighted by Gasteiger charge is 2.16. The van der Waals surface area contributed by atoms with E-state index >= 15 is 0 Å². The summed E-state index contributed by atoms with van der Waals surface area (Å²) in [4.78, 5) is 37.4. The topological polar surface area (TPSA) is 143 Å². The second-order valence-corrected chi connectivity index (χ2v) is 16.7. The van der Waals surface area contributed by atoms with Gasteiger partial charge in [0.15, 0.2) is 17.3 Å². The molecule has 12 nitrogen and oxygen atoms in total. The lowest BCUT2D eigenvalue weighted by atomic mass is 10.0. The van der Waals surface area contributed by atoms with E-state index in [1.807, 2.05) is 152 Å². The molecule has 6 aromatic rings. The van der Waals surface area contributed by atoms with Crippen LogP contribution >= 0.6 is 0 Å². The molecule has 0 fully saturated rings. The Morgan fingerprint density at radius 2 is 0.822 bits per heavy atom. The van der Waals surface area contributed by atoms with Crippen LogP contribution in [0.5, 0.6) is 0 Å². The smallest absolute Gasteiger partial charge is 0.243 e. The quantitative estimate of drug-likeness (QED) is 0.0210. The summed E-state index contributed by atoms with van der Waals surface area (Å²) < 4.78 is 33.0. The summed E-state index contributed by atoms with van der Waals surface area (Å²) in [5.74, 6) is 0.0494. The summed E-state index contributed by atoms with van der Waals surface area (Å²) >= 11 is 0. The van der Waals surface area contributed by atoms with Crippen molar-refractivity contribution in [1.82, 2.24) is 0 Å². The van der Waals surface area contributed by atoms with E-state index < -0.39 is 0 Å². The van der Waals surface area contributed by atoms with Crippen molar-refractivity contribution in [3.63, 3.8) is 0 Å². The van der Waals surface area contributed by atoms with Crippen molar-refractivity contribution in [2.24, 2.45) is 0 Å². The summed E-state index contributed by atoms with van der Waals surface area (Å²) in [7, 11) is 3.37. The number of ketones is 3. The predicted octanol–water partition coefficient (Wildman–Crippen LogP) is 11.6. The van der Waals surface area contributed by atoms with Crippen LogP contribution in [0.4, 0.5) is 17.1 Å². The maximum Gasteiger partial charge on any atom is 0.243 e. The van der Waals surface area contributed by atoms with E-state index in [2.05, 4.69) is 29.8 Å². The number of methoxy groups -OCH3 is 2. The number of carbonyl (C=O) groups excluding carboxylic acids is 3. The number of nitrogens with one attached hydrogen (secondary N) is 3. The molecule has 2 atom stereocenters. The van der Waals surface area contributed by atoms with Crippen molar-refractivity contribution in [3.8, 4) is 0 Å². The molecule has 0 radical (unpaired) electrons. The zero-order chi connectivity index (χ0) is 52.1. The fourth-order valence-corrected chi connectivity index (χ4v) is 7.01. The molecule has 6 rings (SSSR count). The molecule has 6 aromatic carbocycles. The largest absolute Gasteiger partial charge is 0.385 e. The van der Waals surface area contributed by atoms with Crippen molar-refractivity contribution in [2.45, 2.75) is 51.7 Å². The number of carbonyl (C=O) groups is 3. The molecule has 0 heterocycles. The van der Waals surface area contributed by atoms with Crippen LogP contribution < -0.4 is 16.0 Å². The first-order chi connectivity index (χ1) is 35.8. The molecule has 12 heteroatoms. The summed E-state index contributed by atoms with van der Waals surface area (Å²) in [6.07, 6.45) is 4.74. The van der Waals surface area contributed by atoms with Crippen molar-refractivity contribution < 1.29 is 42.8 Å². The molecular formula is C61H74N3O9+. The lowest BCUT2D eigenvalue weighted by Crippen LogP contribution is -2.29. The van der Waals surface area contributed by atoms with Crippen LogP contribution in [0.3, 0.4) is 0 Å². The van der Waals surface area contributed by atoms with Crippen molar-refractivity contribution in [1.29, 1.82) is 0 Å². The highest BCUT2D eigenvalue weighted by atomic mass is 16.6. The Hall–Kier alpha value is -6.86. The van der Waals surface area contributed by atoms with Gasteiger partial charge in [-0.3, -0.25) is 14.4 Å². The Balaban J connectivity index is 0.000000334. The monoisotopic (exact) mass is 993 g/mol. The zero-order valence-corrected chi connectivity index (χ0v) is 43.0. The number of benzene rings is 6. The van der Waals surface area contributed by atoms with E-state index in [1.54, 1.807) is 26.4 Å². The van der Waals surface area contributed by atoms with Crippen LogP contribution in [0.1, 0.15) is 87.3 Å². The third-order valence-electron chi connectivity index (χ3n) is 11.0. The van der Waals surface area contributed by atoms with E-state index in [0.29, 0.717) is 92.7 Å². The zero-order valence-electron chi connectivity index (χ0n) is 43.0. The Morgan fingerprint density at radius 3 is 1.22 bits per heavy atom. The number of hydrogen-bond acceptors (Lipinski definition) is 12. The highest BCUT2D eigenvalue weighted by molar-refractivity contribution is 6.10. The maximum atomic E-state index is 12.7. The minimum atomic E-state index is -0.0803. The Morgan fingerprint density at radius 1 is 0.452 bits per heavy atom. The minimum absolute atomic E-state index is 0.0136. The normalized spacial score (nSPS) is 11.4. The fraction of sp³-hybridized carbons (Fsp3) is 0.328. The SMILES string of the molecule is CCCOCC(CCNc1ccc(C(=O)c2ccccc2)cc1)OCC(CCNc1ccc(C(=O)c2ccccc2)cc1)OC.CCCOCCOCCOC.[CH+]=CNc1ccc(C(=O)c2ccccc2)cc1. The molecule has 0 aliphatic rings. The van der Waals surface area contributed by atoms with E-state index in [0.717, 1.165) is 49.4 Å². The van der Waals surface area contributed by atoms with Gasteiger partial charge >= 0.3 is 0 Å². The molecule has 0 bridgehead atoms. The molecule has 0 spiro atoms. The molecular weight excluding hydrogens is 919 g/mol. The van der Waals surface area contributed by atoms with E-state index in [-0.39, 0.29) is 29.6 Å². The average Bonchev–Trinajstić information content (AvgIpc) is 3.44. The molecule has 0 saturated carbocycles. The lowest BCUT2D eigenvalue weighted by molar-refractivity contribution is -0.0608. The number of rotatable bonds is 32. The minimum Gasteiger partial charge on any atom is -0.385 e. The molecule has 386 valence electrons. The lowest BCUT2D eigenvalue weighted by Gasteiger charge is -2.22. The van der Waals surface area contributed by atoms with Crippen LogP contribution in [-0.4, -0.2) is 110 Å². The van der Waals surface area contributed by atoms with E-state index in [9.17, 15) is 14.4 Å². The van der Waals surface area contributed by atoms with Crippen LogP contribution in [0.15, 0.2) is 170 Å². The Kier molecular flexibility index (Phi) is 29.0. The van der Waals surface area contributed by atoms with Crippen LogP contribution in [0.2, 0.25) is 0 Å². The van der Waals surface area contributed by atoms with Gasteiger partial charge in [0.05, 0.1) is 51.8 Å². The van der Waals surface area contributed by atoms with Crippen LogP contribution in [0.25, 0.3) is 0 Å². The van der Waals surface area contributed by atoms with Gasteiger partial charge in [0.1, 0.15) is 0 Å². The summed E-state index contributed by atoms with van der Waals surface area (Å²) in [6.45, 7) is 16.0. The van der Waals surface area contributed by atoms with Gasteiger partial charge in [0.2, 0.25) is 12.8 Å². The third-order valence-corrected chi connectivity index (χ3v) is 11.0. The maximum absolute atomic E-state index is 12.7. The molecule has 2 unspecified atom stereocenters. The van der Waals surface area contributed by atoms with Crippen molar-refractivity contribution >= 4 is 34.4 Å². The first-order valence-electron chi connectivity index (χ1n) is 25.0. The Labute approximate surface area is 433 Å². The van der Waals surface area contributed by atoms with Crippen LogP contribution in [0, 0.1) is 6.58 Å². The van der Waals surface area contributed by atoms with Gasteiger partial charge in [0.25, 0.3) is 0 Å². The standard InChI is InChI=1S/C38H44N2O5.C15H11NO.C8H18O3/c1-3-26-44-27-36(23-25-40-34-20-16-32(17-21-34)38(42)30-12-8-5-9-13-30)45-28-35(43-2)22-24-39-33-18-14-31(15-19-33)37(41)29-10-6-4-7-11-29;1-2-16-14-10-8-13(9-11-14)15(17)12-6-4-3-5-7-12;1-3-4-10-7-8-11-6-5-9-2/h4-21,35-36,39-40H,3,22-28H2,1-2H3;1-11H;3-8H2,1-2H3/p+1. The third kappa shape index (κ3) is 23.1. The summed E-state index contributed by atoms with van der Waals surface area (Å²) in [5.41, 5.74) is 6.81. The second kappa shape index (κ2) is 36.1. The average molecular weight is 993 g/mol. The first kappa shape index (κ1) is 58.7. The van der Waals surface area contributed by atoms with Gasteiger partial charge in [-0.05, 0) is 98.5 Å². The fourth-order valence-electron chi connectivity index (χ4n) is 7.01. The molecule has 0 saturated heterocycles. The molecule has 0 aliphatic heterocycles. The van der Waals surface area contributed by atoms with Gasteiger partial charge in [-0.25, -0.2) is 0 Å². The highest BCUT2D eigenvalue weighted by Crippen LogP contribution is 2.18. The van der Waals surface area contributed by atoms with Crippen LogP contribution in [-0.2, 0) is 28.4 Å². The summed E-state index contributed by atoms with van der Waals surface area (Å²) in [6, 6.07) is 50.1. The van der Waals surface area contributed by atoms with Gasteiger partial charge in [-0.2, -0.15) is 0 Å². The number of ether oxygens (including phenoxy) is 6. The van der Waals surface area contributed by atoms with Crippen molar-refractivity contribution in [3.05, 3.63) is 210 Å². The van der Waals surface area contributed by atoms with Crippen molar-refractivity contribution in [2.75, 3.05) is 96.1 Å². The molecule has 73 heavy (non-hydrogen) atoms. The van der Waals surface area contributed by atoms with E-state index in [1.165, 1.54) is 6.20 Å². The van der Waals surface area contributed by atoms with Gasteiger partial charge < -0.3 is 44.4 Å². The molecule has 0 aliphatic carbocycles. The van der Waals surface area contributed by atoms with E-state index in [4.69, 9.17) is 35.0 Å². The molecule has 0 amide bonds. The first-order valence-corrected chi connectivity index (χ1v) is 25.0. The number of anilines is 3. The molecule has 3 N–H and O–H groups in total. The molecule has 0 aromatic heterocycles. The van der Waals surface area contributed by atoms with Gasteiger partial charge in [0, 0.05) is 91.0 Å².